The maximum atomic E-state index is 9.25. The molecule has 0 saturated heterocycles. The average molecular weight is 286 g/mol. The Labute approximate surface area is 123 Å². The maximum Gasteiger partial charge on any atom is 0.106 e. The molecule has 0 rings (SSSR count). The molecule has 0 spiro atoms. The molecular formula is C15H30N2O3. The van der Waals surface area contributed by atoms with Crippen molar-refractivity contribution in [3.63, 3.8) is 0 Å². The van der Waals surface area contributed by atoms with Crippen LogP contribution < -0.4 is 5.32 Å². The van der Waals surface area contributed by atoms with Crippen molar-refractivity contribution in [2.45, 2.75) is 51.7 Å². The standard InChI is InChI=1S/C15H30N2O3/c1-5-7-17-15(3,13-16)12-14(2)20-9-6-8-19-11-10-18-4/h14,17H,5-12H2,1-4H3. The van der Waals surface area contributed by atoms with E-state index in [1.165, 1.54) is 0 Å². The molecule has 0 saturated carbocycles. The number of nitrogens with one attached hydrogen (secondary N) is 1. The molecule has 118 valence electrons. The highest BCUT2D eigenvalue weighted by atomic mass is 16.5. The van der Waals surface area contributed by atoms with Crippen LogP contribution in [-0.2, 0) is 14.2 Å². The molecular weight excluding hydrogens is 256 g/mol. The molecule has 0 bridgehead atoms. The van der Waals surface area contributed by atoms with Gasteiger partial charge in [-0.05, 0) is 33.2 Å². The second-order valence-corrected chi connectivity index (χ2v) is 5.21. The first kappa shape index (κ1) is 19.3. The molecule has 5 heteroatoms. The summed E-state index contributed by atoms with van der Waals surface area (Å²) in [4.78, 5) is 0. The van der Waals surface area contributed by atoms with Crippen LogP contribution in [0.2, 0.25) is 0 Å². The van der Waals surface area contributed by atoms with Gasteiger partial charge in [0, 0.05) is 26.7 Å². The van der Waals surface area contributed by atoms with E-state index >= 15 is 0 Å². The zero-order valence-electron chi connectivity index (χ0n) is 13.4. The largest absolute Gasteiger partial charge is 0.382 e. The first-order chi connectivity index (χ1) is 9.58. The van der Waals surface area contributed by atoms with Crippen molar-refractivity contribution in [1.29, 1.82) is 5.26 Å². The minimum absolute atomic E-state index is 0.0583. The van der Waals surface area contributed by atoms with Gasteiger partial charge in [0.25, 0.3) is 0 Å². The van der Waals surface area contributed by atoms with Crippen LogP contribution in [0.25, 0.3) is 0 Å². The van der Waals surface area contributed by atoms with Crippen molar-refractivity contribution in [2.75, 3.05) is 40.1 Å². The Hall–Kier alpha value is -0.670. The topological polar surface area (TPSA) is 63.5 Å². The molecule has 0 aliphatic carbocycles. The molecule has 0 aliphatic heterocycles. The lowest BCUT2D eigenvalue weighted by atomic mass is 9.96. The molecule has 0 aromatic carbocycles. The van der Waals surface area contributed by atoms with E-state index in [-0.39, 0.29) is 6.10 Å². The Bertz CT molecular complexity index is 268. The van der Waals surface area contributed by atoms with Crippen LogP contribution in [-0.4, -0.2) is 51.7 Å². The van der Waals surface area contributed by atoms with Gasteiger partial charge in [0.15, 0.2) is 0 Å². The van der Waals surface area contributed by atoms with Gasteiger partial charge in [0.05, 0.1) is 25.4 Å². The number of methoxy groups -OCH3 is 1. The highest BCUT2D eigenvalue weighted by Crippen LogP contribution is 2.14. The third-order valence-electron chi connectivity index (χ3n) is 2.97. The summed E-state index contributed by atoms with van der Waals surface area (Å²) in [6.07, 6.45) is 2.63. The summed E-state index contributed by atoms with van der Waals surface area (Å²) in [6.45, 7) is 9.47. The van der Waals surface area contributed by atoms with Crippen LogP contribution in [0.5, 0.6) is 0 Å². The van der Waals surface area contributed by atoms with Gasteiger partial charge in [-0.1, -0.05) is 6.92 Å². The molecule has 0 amide bonds. The molecule has 0 aliphatic rings. The number of rotatable bonds is 13. The van der Waals surface area contributed by atoms with Crippen LogP contribution in [0.4, 0.5) is 0 Å². The first-order valence-corrected chi connectivity index (χ1v) is 7.42. The molecule has 1 N–H and O–H groups in total. The highest BCUT2D eigenvalue weighted by molar-refractivity contribution is 5.04. The van der Waals surface area contributed by atoms with Gasteiger partial charge in [-0.15, -0.1) is 0 Å². The minimum Gasteiger partial charge on any atom is -0.382 e. The third kappa shape index (κ3) is 10.2. The molecule has 0 radical (unpaired) electrons. The van der Waals surface area contributed by atoms with Gasteiger partial charge in [0.2, 0.25) is 0 Å². The molecule has 20 heavy (non-hydrogen) atoms. The molecule has 0 fully saturated rings. The van der Waals surface area contributed by atoms with Gasteiger partial charge in [-0.25, -0.2) is 0 Å². The highest BCUT2D eigenvalue weighted by Gasteiger charge is 2.25. The van der Waals surface area contributed by atoms with Gasteiger partial charge >= 0.3 is 0 Å². The van der Waals surface area contributed by atoms with Crippen LogP contribution in [0.1, 0.15) is 40.0 Å². The van der Waals surface area contributed by atoms with E-state index in [1.54, 1.807) is 7.11 Å². The van der Waals surface area contributed by atoms with E-state index in [0.717, 1.165) is 19.4 Å². The van der Waals surface area contributed by atoms with Crippen molar-refractivity contribution in [3.8, 4) is 6.07 Å². The third-order valence-corrected chi connectivity index (χ3v) is 2.97. The normalized spacial score (nSPS) is 15.6. The Morgan fingerprint density at radius 1 is 1.25 bits per heavy atom. The molecule has 2 unspecified atom stereocenters. The van der Waals surface area contributed by atoms with E-state index in [9.17, 15) is 5.26 Å². The Kier molecular flexibility index (Phi) is 11.7. The smallest absolute Gasteiger partial charge is 0.106 e. The maximum absolute atomic E-state index is 9.25. The summed E-state index contributed by atoms with van der Waals surface area (Å²) >= 11 is 0. The molecule has 5 nitrogen and oxygen atoms in total. The lowest BCUT2D eigenvalue weighted by Crippen LogP contribution is -2.44. The van der Waals surface area contributed by atoms with E-state index in [4.69, 9.17) is 14.2 Å². The van der Waals surface area contributed by atoms with Crippen LogP contribution in [0, 0.1) is 11.3 Å². The zero-order valence-corrected chi connectivity index (χ0v) is 13.4. The lowest BCUT2D eigenvalue weighted by molar-refractivity contribution is 0.0210. The van der Waals surface area contributed by atoms with E-state index in [1.807, 2.05) is 13.8 Å². The Morgan fingerprint density at radius 3 is 2.60 bits per heavy atom. The van der Waals surface area contributed by atoms with E-state index in [2.05, 4.69) is 18.3 Å². The fourth-order valence-corrected chi connectivity index (χ4v) is 1.88. The van der Waals surface area contributed by atoms with Gasteiger partial charge in [-0.3, -0.25) is 5.32 Å². The zero-order chi connectivity index (χ0) is 15.3. The lowest BCUT2D eigenvalue weighted by Gasteiger charge is -2.26. The van der Waals surface area contributed by atoms with Crippen molar-refractivity contribution < 1.29 is 14.2 Å². The monoisotopic (exact) mass is 286 g/mol. The van der Waals surface area contributed by atoms with Gasteiger partial charge in [-0.2, -0.15) is 5.26 Å². The molecule has 2 atom stereocenters. The number of hydrogen-bond donors (Lipinski definition) is 1. The second-order valence-electron chi connectivity index (χ2n) is 5.21. The van der Waals surface area contributed by atoms with Gasteiger partial charge < -0.3 is 14.2 Å². The minimum atomic E-state index is -0.510. The number of ether oxygens (including phenoxy) is 3. The first-order valence-electron chi connectivity index (χ1n) is 7.42. The quantitative estimate of drug-likeness (QED) is 0.525. The average Bonchev–Trinajstić information content (AvgIpc) is 2.44. The Balaban J connectivity index is 3.70. The van der Waals surface area contributed by atoms with Crippen LogP contribution in [0.15, 0.2) is 0 Å². The molecule has 0 aromatic heterocycles. The van der Waals surface area contributed by atoms with E-state index in [0.29, 0.717) is 32.8 Å². The van der Waals surface area contributed by atoms with Crippen molar-refractivity contribution in [1.82, 2.24) is 5.32 Å². The SMILES string of the molecule is CCCNC(C)(C#N)CC(C)OCCCOCCOC. The summed E-state index contributed by atoms with van der Waals surface area (Å²) in [5, 5.41) is 12.5. The number of nitriles is 1. The summed E-state index contributed by atoms with van der Waals surface area (Å²) in [6, 6.07) is 2.34. The summed E-state index contributed by atoms with van der Waals surface area (Å²) < 4.78 is 16.0. The summed E-state index contributed by atoms with van der Waals surface area (Å²) in [7, 11) is 1.66. The fraction of sp³-hybridized carbons (Fsp3) is 0.933. The Morgan fingerprint density at radius 2 is 2.00 bits per heavy atom. The predicted octanol–water partition coefficient (Wildman–Crippen LogP) is 2.12. The fourth-order valence-electron chi connectivity index (χ4n) is 1.88. The predicted molar refractivity (Wildman–Crippen MR) is 79.7 cm³/mol. The molecule has 0 aromatic rings. The second kappa shape index (κ2) is 12.1. The van der Waals surface area contributed by atoms with Crippen molar-refractivity contribution in [2.24, 2.45) is 0 Å². The van der Waals surface area contributed by atoms with Crippen molar-refractivity contribution in [3.05, 3.63) is 0 Å². The van der Waals surface area contributed by atoms with Crippen LogP contribution >= 0.6 is 0 Å². The van der Waals surface area contributed by atoms with E-state index < -0.39 is 5.54 Å². The summed E-state index contributed by atoms with van der Waals surface area (Å²) in [5.74, 6) is 0. The molecule has 0 heterocycles. The van der Waals surface area contributed by atoms with Gasteiger partial charge in [0.1, 0.15) is 5.54 Å². The number of hydrogen-bond acceptors (Lipinski definition) is 5. The van der Waals surface area contributed by atoms with Crippen molar-refractivity contribution >= 4 is 0 Å². The number of nitrogens with zero attached hydrogens (tertiary/aromatic N) is 1. The summed E-state index contributed by atoms with van der Waals surface area (Å²) in [5.41, 5.74) is -0.510. The van der Waals surface area contributed by atoms with Crippen LogP contribution in [0.3, 0.4) is 0 Å².